The molecule has 0 saturated heterocycles. The Balaban J connectivity index is 0.000000735. The van der Waals surface area contributed by atoms with Crippen LogP contribution in [-0.2, 0) is 13.2 Å². The minimum Gasteiger partial charge on any atom is -0.465 e. The number of aromatic nitrogens is 3. The summed E-state index contributed by atoms with van der Waals surface area (Å²) in [6.07, 6.45) is 2.19. The number of halogens is 2. The standard InChI is InChI=1S/C19H19Cl2N3OS.CH3NO2/c1-12(2)18-19(26-16-8-14(20)7-15(21)9-16)24(17(11-25)23-18)10-13-3-5-22-6-4-13;2-1(3)4/h3-9,12,25H,10-11H2,1-2H3;2H2,(H,3,4). The molecule has 0 aliphatic rings. The van der Waals surface area contributed by atoms with Crippen LogP contribution in [-0.4, -0.2) is 30.8 Å². The van der Waals surface area contributed by atoms with Crippen molar-refractivity contribution in [2.24, 2.45) is 5.73 Å². The maximum absolute atomic E-state index is 9.82. The first-order valence-corrected chi connectivity index (χ1v) is 10.5. The minimum atomic E-state index is -1.33. The van der Waals surface area contributed by atoms with Crippen molar-refractivity contribution in [1.29, 1.82) is 0 Å². The van der Waals surface area contributed by atoms with E-state index in [1.165, 1.54) is 0 Å². The lowest BCUT2D eigenvalue weighted by molar-refractivity contribution is 0.205. The van der Waals surface area contributed by atoms with Gasteiger partial charge in [0.1, 0.15) is 17.5 Å². The number of hydrogen-bond acceptors (Lipinski definition) is 5. The molecule has 3 rings (SSSR count). The summed E-state index contributed by atoms with van der Waals surface area (Å²) >= 11 is 13.9. The number of carboxylic acid groups (broad SMARTS) is 1. The van der Waals surface area contributed by atoms with E-state index >= 15 is 0 Å². The van der Waals surface area contributed by atoms with E-state index in [0.29, 0.717) is 22.4 Å². The van der Waals surface area contributed by atoms with Crippen molar-refractivity contribution in [1.82, 2.24) is 14.5 Å². The predicted molar refractivity (Wildman–Crippen MR) is 118 cm³/mol. The van der Waals surface area contributed by atoms with Crippen LogP contribution in [0.15, 0.2) is 52.6 Å². The summed E-state index contributed by atoms with van der Waals surface area (Å²) in [6.45, 7) is 4.67. The predicted octanol–water partition coefficient (Wildman–Crippen LogP) is 5.02. The van der Waals surface area contributed by atoms with Crippen molar-refractivity contribution >= 4 is 41.1 Å². The number of imidazole rings is 1. The molecular weight excluding hydrogens is 447 g/mol. The van der Waals surface area contributed by atoms with Crippen LogP contribution in [0.5, 0.6) is 0 Å². The molecule has 0 aliphatic heterocycles. The third kappa shape index (κ3) is 6.91. The summed E-state index contributed by atoms with van der Waals surface area (Å²) in [6, 6.07) is 9.39. The van der Waals surface area contributed by atoms with Crippen LogP contribution in [0.4, 0.5) is 4.79 Å². The van der Waals surface area contributed by atoms with Gasteiger partial charge in [-0.3, -0.25) is 4.98 Å². The number of benzene rings is 1. The molecule has 160 valence electrons. The first-order chi connectivity index (χ1) is 14.2. The molecule has 0 aliphatic carbocycles. The summed E-state index contributed by atoms with van der Waals surface area (Å²) < 4.78 is 2.05. The van der Waals surface area contributed by atoms with Gasteiger partial charge in [-0.25, -0.2) is 9.78 Å². The Morgan fingerprint density at radius 2 is 1.77 bits per heavy atom. The summed E-state index contributed by atoms with van der Waals surface area (Å²) in [5.74, 6) is 0.859. The largest absolute Gasteiger partial charge is 0.465 e. The fourth-order valence-corrected chi connectivity index (χ4v) is 4.56. The van der Waals surface area contributed by atoms with Crippen LogP contribution < -0.4 is 5.73 Å². The van der Waals surface area contributed by atoms with E-state index in [2.05, 4.69) is 29.5 Å². The van der Waals surface area contributed by atoms with E-state index in [9.17, 15) is 5.11 Å². The normalized spacial score (nSPS) is 10.6. The van der Waals surface area contributed by atoms with Crippen LogP contribution >= 0.6 is 35.0 Å². The lowest BCUT2D eigenvalue weighted by atomic mass is 10.1. The first kappa shape index (κ1) is 24.0. The van der Waals surface area contributed by atoms with Crippen molar-refractivity contribution < 1.29 is 15.0 Å². The van der Waals surface area contributed by atoms with Gasteiger partial charge in [0.15, 0.2) is 0 Å². The van der Waals surface area contributed by atoms with Gasteiger partial charge in [-0.1, -0.05) is 48.8 Å². The lowest BCUT2D eigenvalue weighted by Crippen LogP contribution is -2.06. The van der Waals surface area contributed by atoms with Crippen LogP contribution in [0.2, 0.25) is 10.0 Å². The third-order valence-corrected chi connectivity index (χ3v) is 5.38. The molecule has 0 radical (unpaired) electrons. The number of hydrogen-bond donors (Lipinski definition) is 3. The minimum absolute atomic E-state index is 0.123. The van der Waals surface area contributed by atoms with Crippen molar-refractivity contribution in [3.8, 4) is 0 Å². The number of primary amides is 1. The number of nitrogens with two attached hydrogens (primary N) is 1. The monoisotopic (exact) mass is 468 g/mol. The van der Waals surface area contributed by atoms with E-state index in [4.69, 9.17) is 33.1 Å². The van der Waals surface area contributed by atoms with Gasteiger partial charge in [-0.05, 0) is 41.8 Å². The van der Waals surface area contributed by atoms with Crippen LogP contribution in [0.25, 0.3) is 0 Å². The van der Waals surface area contributed by atoms with Gasteiger partial charge >= 0.3 is 6.09 Å². The molecule has 4 N–H and O–H groups in total. The summed E-state index contributed by atoms with van der Waals surface area (Å²) in [5, 5.41) is 19.2. The maximum Gasteiger partial charge on any atom is 0.402 e. The van der Waals surface area contributed by atoms with Gasteiger partial charge in [0, 0.05) is 27.3 Å². The van der Waals surface area contributed by atoms with E-state index < -0.39 is 6.09 Å². The molecule has 1 aromatic carbocycles. The molecule has 30 heavy (non-hydrogen) atoms. The molecule has 0 fully saturated rings. The number of carbonyl (C=O) groups is 1. The number of rotatable bonds is 6. The lowest BCUT2D eigenvalue weighted by Gasteiger charge is -2.13. The maximum atomic E-state index is 9.82. The Morgan fingerprint density at radius 1 is 1.20 bits per heavy atom. The van der Waals surface area contributed by atoms with Crippen LogP contribution in [0.1, 0.15) is 36.8 Å². The van der Waals surface area contributed by atoms with E-state index in [1.807, 2.05) is 28.8 Å². The second kappa shape index (κ2) is 11.2. The molecule has 10 heteroatoms. The Kier molecular flexibility index (Phi) is 8.98. The molecular formula is C20H22Cl2N4O3S. The number of aliphatic hydroxyl groups excluding tert-OH is 1. The highest BCUT2D eigenvalue weighted by atomic mass is 35.5. The fraction of sp³-hybridized carbons (Fsp3) is 0.250. The highest BCUT2D eigenvalue weighted by molar-refractivity contribution is 7.99. The second-order valence-electron chi connectivity index (χ2n) is 6.52. The van der Waals surface area contributed by atoms with Crippen molar-refractivity contribution in [3.05, 3.63) is 69.9 Å². The SMILES string of the molecule is CC(C)c1nc(CO)n(Cc2ccncc2)c1Sc1cc(Cl)cc(Cl)c1.NC(=O)O. The van der Waals surface area contributed by atoms with Gasteiger partial charge < -0.3 is 20.5 Å². The van der Waals surface area contributed by atoms with E-state index in [0.717, 1.165) is 21.2 Å². The summed E-state index contributed by atoms with van der Waals surface area (Å²) in [7, 11) is 0. The average Bonchev–Trinajstić information content (AvgIpc) is 2.99. The Morgan fingerprint density at radius 3 is 2.27 bits per heavy atom. The highest BCUT2D eigenvalue weighted by Crippen LogP contribution is 2.37. The van der Waals surface area contributed by atoms with Gasteiger partial charge in [-0.2, -0.15) is 0 Å². The second-order valence-corrected chi connectivity index (χ2v) is 8.45. The number of amides is 1. The molecule has 7 nitrogen and oxygen atoms in total. The number of aliphatic hydroxyl groups is 1. The summed E-state index contributed by atoms with van der Waals surface area (Å²) in [4.78, 5) is 18.5. The van der Waals surface area contributed by atoms with E-state index in [1.54, 1.807) is 30.2 Å². The van der Waals surface area contributed by atoms with Crippen molar-refractivity contribution in [3.63, 3.8) is 0 Å². The van der Waals surface area contributed by atoms with Gasteiger partial charge in [0.2, 0.25) is 0 Å². The molecule has 0 saturated carbocycles. The quantitative estimate of drug-likeness (QED) is 0.467. The zero-order valence-corrected chi connectivity index (χ0v) is 18.7. The highest BCUT2D eigenvalue weighted by Gasteiger charge is 2.20. The molecule has 0 unspecified atom stereocenters. The average molecular weight is 469 g/mol. The first-order valence-electron chi connectivity index (χ1n) is 8.92. The van der Waals surface area contributed by atoms with Gasteiger partial charge in [-0.15, -0.1) is 0 Å². The van der Waals surface area contributed by atoms with Crippen LogP contribution in [0, 0.1) is 0 Å². The molecule has 0 atom stereocenters. The number of pyridine rings is 1. The van der Waals surface area contributed by atoms with Crippen molar-refractivity contribution in [2.75, 3.05) is 0 Å². The topological polar surface area (TPSA) is 114 Å². The molecule has 1 amide bonds. The third-order valence-electron chi connectivity index (χ3n) is 3.85. The molecule has 3 aromatic rings. The van der Waals surface area contributed by atoms with Crippen molar-refractivity contribution in [2.45, 2.75) is 42.8 Å². The zero-order chi connectivity index (χ0) is 22.3. The zero-order valence-electron chi connectivity index (χ0n) is 16.4. The smallest absolute Gasteiger partial charge is 0.402 e. The van der Waals surface area contributed by atoms with Gasteiger partial charge in [0.25, 0.3) is 0 Å². The van der Waals surface area contributed by atoms with E-state index in [-0.39, 0.29) is 12.5 Å². The fourth-order valence-electron chi connectivity index (χ4n) is 2.64. The molecule has 0 spiro atoms. The van der Waals surface area contributed by atoms with Crippen LogP contribution in [0.3, 0.4) is 0 Å². The Labute approximate surface area is 188 Å². The number of nitrogens with zero attached hydrogens (tertiary/aromatic N) is 3. The Hall–Kier alpha value is -2.26. The Bertz CT molecular complexity index is 973. The molecule has 0 bridgehead atoms. The summed E-state index contributed by atoms with van der Waals surface area (Å²) in [5.41, 5.74) is 6.07. The van der Waals surface area contributed by atoms with Gasteiger partial charge in [0.05, 0.1) is 12.2 Å². The molecule has 2 aromatic heterocycles. The molecule has 2 heterocycles.